The third-order valence-electron chi connectivity index (χ3n) is 4.24. The first kappa shape index (κ1) is 14.3. The zero-order chi connectivity index (χ0) is 13.1. The van der Waals surface area contributed by atoms with Crippen molar-refractivity contribution in [3.05, 3.63) is 12.2 Å². The van der Waals surface area contributed by atoms with Crippen LogP contribution < -0.4 is 0 Å². The predicted octanol–water partition coefficient (Wildman–Crippen LogP) is 4.10. The molecule has 3 atom stereocenters. The van der Waals surface area contributed by atoms with Crippen LogP contribution in [0.15, 0.2) is 12.2 Å². The minimum atomic E-state index is -0.288. The number of esters is 1. The quantitative estimate of drug-likeness (QED) is 0.544. The molecule has 2 nitrogen and oxygen atoms in total. The summed E-state index contributed by atoms with van der Waals surface area (Å²) in [5, 5.41) is 0. The molecule has 2 heteroatoms. The molecule has 98 valence electrons. The Hall–Kier alpha value is -0.790. The molecule has 1 saturated carbocycles. The molecule has 0 N–H and O–H groups in total. The van der Waals surface area contributed by atoms with Gasteiger partial charge in [-0.1, -0.05) is 26.8 Å². The van der Waals surface area contributed by atoms with E-state index in [0.717, 1.165) is 19.3 Å². The Balaban J connectivity index is 2.83. The topological polar surface area (TPSA) is 26.3 Å². The molecule has 0 aromatic rings. The highest BCUT2D eigenvalue weighted by atomic mass is 16.6. The van der Waals surface area contributed by atoms with Gasteiger partial charge in [-0.05, 0) is 45.4 Å². The van der Waals surface area contributed by atoms with Gasteiger partial charge >= 0.3 is 5.97 Å². The molecule has 0 bridgehead atoms. The summed E-state index contributed by atoms with van der Waals surface area (Å²) in [5.41, 5.74) is 0.212. The minimum Gasteiger partial charge on any atom is -0.456 e. The zero-order valence-corrected chi connectivity index (χ0v) is 11.7. The van der Waals surface area contributed by atoms with Crippen LogP contribution in [0, 0.1) is 11.8 Å². The third-order valence-corrected chi connectivity index (χ3v) is 4.24. The van der Waals surface area contributed by atoms with Crippen LogP contribution in [0.5, 0.6) is 0 Å². The predicted molar refractivity (Wildman–Crippen MR) is 70.7 cm³/mol. The molecule has 1 aliphatic carbocycles. The maximum atomic E-state index is 11.8. The monoisotopic (exact) mass is 238 g/mol. The largest absolute Gasteiger partial charge is 0.456 e. The molecule has 0 radical (unpaired) electrons. The molecule has 17 heavy (non-hydrogen) atoms. The van der Waals surface area contributed by atoms with E-state index in [0.29, 0.717) is 17.4 Å². The van der Waals surface area contributed by atoms with Crippen LogP contribution >= 0.6 is 0 Å². The van der Waals surface area contributed by atoms with Crippen LogP contribution in [-0.4, -0.2) is 11.6 Å². The van der Waals surface area contributed by atoms with Crippen molar-refractivity contribution >= 4 is 5.97 Å². The highest BCUT2D eigenvalue weighted by Crippen LogP contribution is 2.43. The molecular formula is C15H26O2. The van der Waals surface area contributed by atoms with Crippen molar-refractivity contribution in [2.45, 2.75) is 65.4 Å². The Morgan fingerprint density at radius 1 is 1.41 bits per heavy atom. The molecule has 0 saturated heterocycles. The van der Waals surface area contributed by atoms with Crippen molar-refractivity contribution in [2.75, 3.05) is 0 Å². The van der Waals surface area contributed by atoms with Gasteiger partial charge in [0.15, 0.2) is 0 Å². The average molecular weight is 238 g/mol. The summed E-state index contributed by atoms with van der Waals surface area (Å²) >= 11 is 0. The summed E-state index contributed by atoms with van der Waals surface area (Å²) in [6.07, 6.45) is 5.68. The van der Waals surface area contributed by atoms with Gasteiger partial charge in [-0.25, -0.2) is 4.79 Å². The normalized spacial score (nSPS) is 33.2. The summed E-state index contributed by atoms with van der Waals surface area (Å²) in [6, 6.07) is 0. The van der Waals surface area contributed by atoms with Gasteiger partial charge in [0, 0.05) is 11.5 Å². The van der Waals surface area contributed by atoms with E-state index in [9.17, 15) is 4.79 Å². The van der Waals surface area contributed by atoms with Crippen molar-refractivity contribution in [2.24, 2.45) is 11.8 Å². The molecule has 0 aromatic carbocycles. The van der Waals surface area contributed by atoms with Gasteiger partial charge in [0.05, 0.1) is 0 Å². The second kappa shape index (κ2) is 5.70. The Morgan fingerprint density at radius 3 is 2.53 bits per heavy atom. The van der Waals surface area contributed by atoms with Crippen LogP contribution in [0.3, 0.4) is 0 Å². The Kier molecular flexibility index (Phi) is 4.79. The van der Waals surface area contributed by atoms with E-state index in [4.69, 9.17) is 4.74 Å². The minimum absolute atomic E-state index is 0.234. The maximum Gasteiger partial charge on any atom is 0.333 e. The molecule has 0 aliphatic heterocycles. The number of carbonyl (C=O) groups is 1. The van der Waals surface area contributed by atoms with Crippen LogP contribution in [0.25, 0.3) is 0 Å². The standard InChI is InChI=1S/C15H26O2/c1-6-12-9-8-10-15(5,13(12)7-2)17-14(16)11(3)4/h12-13H,3,6-10H2,1-2,4-5H3. The number of rotatable bonds is 4. The van der Waals surface area contributed by atoms with E-state index in [1.54, 1.807) is 6.92 Å². The second-order valence-electron chi connectivity index (χ2n) is 5.56. The fourth-order valence-corrected chi connectivity index (χ4v) is 3.28. The Bertz CT molecular complexity index is 295. The van der Waals surface area contributed by atoms with Gasteiger partial charge in [0.2, 0.25) is 0 Å². The first-order valence-corrected chi connectivity index (χ1v) is 6.83. The average Bonchev–Trinajstić information content (AvgIpc) is 2.27. The van der Waals surface area contributed by atoms with Gasteiger partial charge in [-0.3, -0.25) is 0 Å². The first-order chi connectivity index (χ1) is 7.94. The lowest BCUT2D eigenvalue weighted by molar-refractivity contribution is -0.167. The number of hydrogen-bond donors (Lipinski definition) is 0. The molecule has 1 rings (SSSR count). The highest BCUT2D eigenvalue weighted by molar-refractivity contribution is 5.87. The van der Waals surface area contributed by atoms with Gasteiger partial charge in [0.25, 0.3) is 0 Å². The molecule has 0 amide bonds. The number of carbonyl (C=O) groups excluding carboxylic acids is 1. The molecule has 0 spiro atoms. The molecular weight excluding hydrogens is 212 g/mol. The van der Waals surface area contributed by atoms with Gasteiger partial charge in [-0.2, -0.15) is 0 Å². The molecule has 0 aromatic heterocycles. The fraction of sp³-hybridized carbons (Fsp3) is 0.800. The van der Waals surface area contributed by atoms with E-state index in [-0.39, 0.29) is 11.6 Å². The Labute approximate surface area is 105 Å². The molecule has 3 unspecified atom stereocenters. The second-order valence-corrected chi connectivity index (χ2v) is 5.56. The van der Waals surface area contributed by atoms with Crippen LogP contribution in [0.1, 0.15) is 59.8 Å². The van der Waals surface area contributed by atoms with E-state index < -0.39 is 0 Å². The van der Waals surface area contributed by atoms with Crippen molar-refractivity contribution in [1.29, 1.82) is 0 Å². The van der Waals surface area contributed by atoms with E-state index in [1.807, 2.05) is 0 Å². The molecule has 1 aliphatic rings. The SMILES string of the molecule is C=C(C)C(=O)OC1(C)CCCC(CC)C1CC. The summed E-state index contributed by atoms with van der Waals surface area (Å²) in [4.78, 5) is 11.8. The summed E-state index contributed by atoms with van der Waals surface area (Å²) in [6.45, 7) is 11.9. The van der Waals surface area contributed by atoms with E-state index >= 15 is 0 Å². The summed E-state index contributed by atoms with van der Waals surface area (Å²) in [5.74, 6) is 0.948. The third kappa shape index (κ3) is 3.11. The van der Waals surface area contributed by atoms with Crippen LogP contribution in [0.4, 0.5) is 0 Å². The Morgan fingerprint density at radius 2 is 2.06 bits per heavy atom. The number of hydrogen-bond acceptors (Lipinski definition) is 2. The van der Waals surface area contributed by atoms with Gasteiger partial charge in [0.1, 0.15) is 5.60 Å². The van der Waals surface area contributed by atoms with E-state index in [1.165, 1.54) is 12.8 Å². The lowest BCUT2D eigenvalue weighted by Gasteiger charge is -2.45. The smallest absolute Gasteiger partial charge is 0.333 e. The fourth-order valence-electron chi connectivity index (χ4n) is 3.28. The van der Waals surface area contributed by atoms with Crippen LogP contribution in [-0.2, 0) is 9.53 Å². The highest BCUT2D eigenvalue weighted by Gasteiger charge is 2.43. The van der Waals surface area contributed by atoms with Gasteiger partial charge in [-0.15, -0.1) is 0 Å². The van der Waals surface area contributed by atoms with Crippen molar-refractivity contribution in [3.8, 4) is 0 Å². The first-order valence-electron chi connectivity index (χ1n) is 6.83. The van der Waals surface area contributed by atoms with Gasteiger partial charge < -0.3 is 4.74 Å². The van der Waals surface area contributed by atoms with Crippen molar-refractivity contribution in [1.82, 2.24) is 0 Å². The van der Waals surface area contributed by atoms with E-state index in [2.05, 4.69) is 27.4 Å². The van der Waals surface area contributed by atoms with Crippen LogP contribution in [0.2, 0.25) is 0 Å². The maximum absolute atomic E-state index is 11.8. The molecule has 1 fully saturated rings. The summed E-state index contributed by atoms with van der Waals surface area (Å²) in [7, 11) is 0. The van der Waals surface area contributed by atoms with Crippen molar-refractivity contribution < 1.29 is 9.53 Å². The zero-order valence-electron chi connectivity index (χ0n) is 11.7. The summed E-state index contributed by atoms with van der Waals surface area (Å²) < 4.78 is 5.74. The lowest BCUT2D eigenvalue weighted by Crippen LogP contribution is -2.46. The molecule has 0 heterocycles. The number of ether oxygens (including phenoxy) is 1. The van der Waals surface area contributed by atoms with Crippen molar-refractivity contribution in [3.63, 3.8) is 0 Å². The lowest BCUT2D eigenvalue weighted by atomic mass is 9.67.